The molecule has 2 aromatic heterocycles. The summed E-state index contributed by atoms with van der Waals surface area (Å²) in [5.41, 5.74) is -0.994. The molecule has 0 unspecified atom stereocenters. The first kappa shape index (κ1) is 15.0. The molecule has 0 fully saturated rings. The van der Waals surface area contributed by atoms with Gasteiger partial charge >= 0.3 is 6.18 Å². The van der Waals surface area contributed by atoms with Gasteiger partial charge in [0.15, 0.2) is 11.5 Å². The molecule has 0 saturated carbocycles. The van der Waals surface area contributed by atoms with Crippen molar-refractivity contribution in [3.8, 4) is 5.82 Å². The quantitative estimate of drug-likeness (QED) is 0.806. The van der Waals surface area contributed by atoms with Crippen molar-refractivity contribution < 1.29 is 13.2 Å². The first-order valence-corrected chi connectivity index (χ1v) is 6.88. The average Bonchev–Trinajstić information content (AvgIpc) is 2.82. The van der Waals surface area contributed by atoms with Gasteiger partial charge in [-0.15, -0.1) is 0 Å². The molecule has 0 aliphatic heterocycles. The Kier molecular flexibility index (Phi) is 4.45. The zero-order valence-electron chi connectivity index (χ0n) is 10.4. The topological polar surface area (TPSA) is 55.6 Å². The maximum Gasteiger partial charge on any atom is 0.433 e. The van der Waals surface area contributed by atoms with Gasteiger partial charge in [-0.3, -0.25) is 0 Å². The van der Waals surface area contributed by atoms with Crippen molar-refractivity contribution in [3.05, 3.63) is 27.7 Å². The first-order valence-electron chi connectivity index (χ1n) is 5.81. The van der Waals surface area contributed by atoms with E-state index in [0.717, 1.165) is 16.1 Å². The smallest absolute Gasteiger partial charge is 0.354 e. The largest absolute Gasteiger partial charge is 0.433 e. The Labute approximate surface area is 126 Å². The standard InChI is InChI=1S/C11H11F3IN5/c1-2-3-16-10-18-8(11(12,13)14)4-9(19-10)20-6-7(15)5-17-20/h4-6H,2-3H2,1H3,(H,16,18,19). The van der Waals surface area contributed by atoms with Crippen LogP contribution < -0.4 is 5.32 Å². The third-order valence-corrected chi connectivity index (χ3v) is 2.88. The third-order valence-electron chi connectivity index (χ3n) is 2.32. The van der Waals surface area contributed by atoms with Crippen molar-refractivity contribution in [1.82, 2.24) is 19.7 Å². The van der Waals surface area contributed by atoms with Crippen molar-refractivity contribution in [1.29, 1.82) is 0 Å². The number of alkyl halides is 3. The summed E-state index contributed by atoms with van der Waals surface area (Å²) in [6.07, 6.45) is -0.642. The van der Waals surface area contributed by atoms with Crippen molar-refractivity contribution in [2.75, 3.05) is 11.9 Å². The number of nitrogens with one attached hydrogen (secondary N) is 1. The molecule has 0 spiro atoms. The number of nitrogens with zero attached hydrogens (tertiary/aromatic N) is 4. The summed E-state index contributed by atoms with van der Waals surface area (Å²) in [4.78, 5) is 7.53. The summed E-state index contributed by atoms with van der Waals surface area (Å²) in [6.45, 7) is 2.40. The number of hydrogen-bond acceptors (Lipinski definition) is 4. The summed E-state index contributed by atoms with van der Waals surface area (Å²) in [5, 5.41) is 6.71. The van der Waals surface area contributed by atoms with Gasteiger partial charge in [-0.2, -0.15) is 23.3 Å². The predicted molar refractivity (Wildman–Crippen MR) is 75.7 cm³/mol. The molecule has 0 saturated heterocycles. The van der Waals surface area contributed by atoms with Crippen molar-refractivity contribution in [2.24, 2.45) is 0 Å². The number of rotatable bonds is 4. The van der Waals surface area contributed by atoms with E-state index in [0.29, 0.717) is 6.54 Å². The van der Waals surface area contributed by atoms with Gasteiger partial charge in [-0.05, 0) is 29.0 Å². The van der Waals surface area contributed by atoms with Gasteiger partial charge in [0.05, 0.1) is 9.77 Å². The second kappa shape index (κ2) is 5.94. The lowest BCUT2D eigenvalue weighted by Gasteiger charge is -2.11. The highest BCUT2D eigenvalue weighted by molar-refractivity contribution is 14.1. The molecule has 20 heavy (non-hydrogen) atoms. The molecule has 0 amide bonds. The Balaban J connectivity index is 2.45. The molecular formula is C11H11F3IN5. The number of hydrogen-bond donors (Lipinski definition) is 1. The Morgan fingerprint density at radius 1 is 1.35 bits per heavy atom. The van der Waals surface area contributed by atoms with Crippen LogP contribution in [0.2, 0.25) is 0 Å². The minimum Gasteiger partial charge on any atom is -0.354 e. The number of anilines is 1. The lowest BCUT2D eigenvalue weighted by molar-refractivity contribution is -0.141. The highest BCUT2D eigenvalue weighted by Gasteiger charge is 2.34. The molecule has 108 valence electrons. The van der Waals surface area contributed by atoms with E-state index in [4.69, 9.17) is 0 Å². The van der Waals surface area contributed by atoms with Gasteiger partial charge in [0.25, 0.3) is 0 Å². The van der Waals surface area contributed by atoms with Gasteiger partial charge in [-0.25, -0.2) is 9.67 Å². The van der Waals surface area contributed by atoms with E-state index < -0.39 is 11.9 Å². The minimum atomic E-state index is -4.53. The van der Waals surface area contributed by atoms with Gasteiger partial charge in [0.1, 0.15) is 0 Å². The Morgan fingerprint density at radius 2 is 2.10 bits per heavy atom. The van der Waals surface area contributed by atoms with E-state index in [1.165, 1.54) is 10.9 Å². The lowest BCUT2D eigenvalue weighted by atomic mass is 10.4. The van der Waals surface area contributed by atoms with E-state index >= 15 is 0 Å². The normalized spacial score (nSPS) is 11.7. The molecule has 2 aromatic rings. The highest BCUT2D eigenvalue weighted by Crippen LogP contribution is 2.29. The van der Waals surface area contributed by atoms with Gasteiger partial charge in [-0.1, -0.05) is 6.92 Å². The van der Waals surface area contributed by atoms with E-state index in [2.05, 4.69) is 20.4 Å². The van der Waals surface area contributed by atoms with Gasteiger partial charge < -0.3 is 5.32 Å². The van der Waals surface area contributed by atoms with E-state index in [1.54, 1.807) is 6.20 Å². The van der Waals surface area contributed by atoms with Gasteiger partial charge in [0.2, 0.25) is 5.95 Å². The second-order valence-corrected chi connectivity index (χ2v) is 5.21. The summed E-state index contributed by atoms with van der Waals surface area (Å²) >= 11 is 2.02. The third kappa shape index (κ3) is 3.58. The van der Waals surface area contributed by atoms with E-state index in [9.17, 15) is 13.2 Å². The molecule has 5 nitrogen and oxygen atoms in total. The summed E-state index contributed by atoms with van der Waals surface area (Å²) < 4.78 is 40.6. The zero-order chi connectivity index (χ0) is 14.8. The maximum absolute atomic E-state index is 12.8. The molecule has 2 heterocycles. The molecule has 0 atom stereocenters. The van der Waals surface area contributed by atoms with Crippen LogP contribution in [0.3, 0.4) is 0 Å². The fourth-order valence-corrected chi connectivity index (χ4v) is 1.83. The second-order valence-electron chi connectivity index (χ2n) is 3.96. The van der Waals surface area contributed by atoms with Crippen LogP contribution in [-0.4, -0.2) is 26.3 Å². The summed E-state index contributed by atoms with van der Waals surface area (Å²) in [7, 11) is 0. The van der Waals surface area contributed by atoms with Crippen molar-refractivity contribution >= 4 is 28.5 Å². The maximum atomic E-state index is 12.8. The van der Waals surface area contributed by atoms with Crippen molar-refractivity contribution in [2.45, 2.75) is 19.5 Å². The van der Waals surface area contributed by atoms with Crippen LogP contribution in [0.15, 0.2) is 18.5 Å². The Bertz CT molecular complexity index is 596. The van der Waals surface area contributed by atoms with Crippen LogP contribution >= 0.6 is 22.6 Å². The minimum absolute atomic E-state index is 0.0535. The Morgan fingerprint density at radius 3 is 2.65 bits per heavy atom. The predicted octanol–water partition coefficient (Wildman–Crippen LogP) is 3.11. The van der Waals surface area contributed by atoms with Crippen LogP contribution in [0.5, 0.6) is 0 Å². The molecule has 0 aliphatic carbocycles. The summed E-state index contributed by atoms with van der Waals surface area (Å²) in [6, 6.07) is 0.875. The Hall–Kier alpha value is -1.39. The molecule has 0 bridgehead atoms. The first-order chi connectivity index (χ1) is 9.40. The van der Waals surface area contributed by atoms with Crippen LogP contribution in [0.25, 0.3) is 5.82 Å². The highest BCUT2D eigenvalue weighted by atomic mass is 127. The van der Waals surface area contributed by atoms with E-state index in [1.807, 2.05) is 29.5 Å². The SMILES string of the molecule is CCCNc1nc(-n2cc(I)cn2)cc(C(F)(F)F)n1. The fraction of sp³-hybridized carbons (Fsp3) is 0.364. The molecule has 1 N–H and O–H groups in total. The molecule has 9 heteroatoms. The number of halogens is 4. The monoisotopic (exact) mass is 397 g/mol. The molecule has 0 radical (unpaired) electrons. The molecule has 2 rings (SSSR count). The zero-order valence-corrected chi connectivity index (χ0v) is 12.6. The van der Waals surface area contributed by atoms with E-state index in [-0.39, 0.29) is 11.8 Å². The number of aromatic nitrogens is 4. The molecule has 0 aliphatic rings. The van der Waals surface area contributed by atoms with Crippen LogP contribution in [0.1, 0.15) is 19.0 Å². The van der Waals surface area contributed by atoms with Gasteiger partial charge in [0, 0.05) is 18.8 Å². The average molecular weight is 397 g/mol. The van der Waals surface area contributed by atoms with Crippen LogP contribution in [-0.2, 0) is 6.18 Å². The van der Waals surface area contributed by atoms with Crippen LogP contribution in [0.4, 0.5) is 19.1 Å². The fourth-order valence-electron chi connectivity index (χ4n) is 1.44. The molecule has 0 aromatic carbocycles. The van der Waals surface area contributed by atoms with Crippen molar-refractivity contribution in [3.63, 3.8) is 0 Å². The summed E-state index contributed by atoms with van der Waals surface area (Å²) in [5.74, 6) is 0.0241. The van der Waals surface area contributed by atoms with Crippen LogP contribution in [0, 0.1) is 3.57 Å². The molecular weight excluding hydrogens is 386 g/mol. The lowest BCUT2D eigenvalue weighted by Crippen LogP contribution is -2.14.